The van der Waals surface area contributed by atoms with Crippen LogP contribution in [0.3, 0.4) is 0 Å². The first-order chi connectivity index (χ1) is 12.3. The molecule has 0 unspecified atom stereocenters. The summed E-state index contributed by atoms with van der Waals surface area (Å²) in [6.07, 6.45) is 2.56. The van der Waals surface area contributed by atoms with Crippen LogP contribution in [0.5, 0.6) is 11.5 Å². The number of fused-ring (bicyclic) bond motifs is 1. The van der Waals surface area contributed by atoms with Crippen LogP contribution in [0.25, 0.3) is 0 Å². The Morgan fingerprint density at radius 2 is 2.19 bits per heavy atom. The predicted octanol–water partition coefficient (Wildman–Crippen LogP) is 3.41. The minimum Gasteiger partial charge on any atom is -0.497 e. The zero-order valence-electron chi connectivity index (χ0n) is 16.1. The van der Waals surface area contributed by atoms with E-state index in [1.165, 1.54) is 0 Å². The lowest BCUT2D eigenvalue weighted by atomic mass is 9.89. The molecular weight excluding hydrogens is 330 g/mol. The smallest absolute Gasteiger partial charge is 0.270 e. The van der Waals surface area contributed by atoms with E-state index in [0.29, 0.717) is 12.1 Å². The average Bonchev–Trinajstić information content (AvgIpc) is 2.94. The maximum atomic E-state index is 12.9. The Labute approximate surface area is 154 Å². The van der Waals surface area contributed by atoms with Gasteiger partial charge >= 0.3 is 0 Å². The molecule has 1 aliphatic heterocycles. The molecule has 1 aliphatic rings. The summed E-state index contributed by atoms with van der Waals surface area (Å²) >= 11 is 0. The Bertz CT molecular complexity index is 811. The predicted molar refractivity (Wildman–Crippen MR) is 99.7 cm³/mol. The van der Waals surface area contributed by atoms with Gasteiger partial charge in [-0.25, -0.2) is 0 Å². The van der Waals surface area contributed by atoms with Gasteiger partial charge in [-0.3, -0.25) is 9.48 Å². The van der Waals surface area contributed by atoms with Crippen molar-refractivity contribution in [3.05, 3.63) is 41.2 Å². The molecule has 6 nitrogen and oxygen atoms in total. The standard InChI is InChI=1S/C20H27N3O3/c1-6-7-13-10-17(23(4)22-13)19(24)21-16-12-20(2,3)26-18-11-14(25-5)8-9-15(16)18/h8-11,16H,6-7,12H2,1-5H3,(H,21,24)/t16-/m0/s1. The Kier molecular flexibility index (Phi) is 4.94. The summed E-state index contributed by atoms with van der Waals surface area (Å²) < 4.78 is 13.0. The van der Waals surface area contributed by atoms with Crippen molar-refractivity contribution in [1.82, 2.24) is 15.1 Å². The van der Waals surface area contributed by atoms with E-state index in [2.05, 4.69) is 17.3 Å². The lowest BCUT2D eigenvalue weighted by Crippen LogP contribution is -2.41. The summed E-state index contributed by atoms with van der Waals surface area (Å²) in [5, 5.41) is 7.58. The van der Waals surface area contributed by atoms with Crippen LogP contribution in [0.15, 0.2) is 24.3 Å². The molecule has 1 atom stereocenters. The van der Waals surface area contributed by atoms with Gasteiger partial charge in [0, 0.05) is 25.1 Å². The number of nitrogens with one attached hydrogen (secondary N) is 1. The molecule has 0 radical (unpaired) electrons. The third-order valence-electron chi connectivity index (χ3n) is 4.65. The van der Waals surface area contributed by atoms with E-state index in [1.54, 1.807) is 18.8 Å². The van der Waals surface area contributed by atoms with Gasteiger partial charge in [0.25, 0.3) is 5.91 Å². The number of aryl methyl sites for hydroxylation is 2. The van der Waals surface area contributed by atoms with Crippen LogP contribution in [0.2, 0.25) is 0 Å². The number of ether oxygens (including phenoxy) is 2. The quantitative estimate of drug-likeness (QED) is 0.890. The van der Waals surface area contributed by atoms with Crippen LogP contribution >= 0.6 is 0 Å². The SMILES string of the molecule is CCCc1cc(C(=O)N[C@H]2CC(C)(C)Oc3cc(OC)ccc32)n(C)n1. The van der Waals surface area contributed by atoms with Crippen LogP contribution in [0, 0.1) is 0 Å². The minimum absolute atomic E-state index is 0.119. The first kappa shape index (κ1) is 18.3. The molecule has 2 heterocycles. The number of carbonyl (C=O) groups excluding carboxylic acids is 1. The van der Waals surface area contributed by atoms with Gasteiger partial charge in [0.1, 0.15) is 22.8 Å². The van der Waals surface area contributed by atoms with Crippen molar-refractivity contribution in [2.75, 3.05) is 7.11 Å². The van der Waals surface area contributed by atoms with Gasteiger partial charge in [-0.05, 0) is 38.5 Å². The van der Waals surface area contributed by atoms with Gasteiger partial charge in [0.2, 0.25) is 0 Å². The van der Waals surface area contributed by atoms with Gasteiger partial charge in [-0.1, -0.05) is 13.3 Å². The second-order valence-electron chi connectivity index (χ2n) is 7.39. The highest BCUT2D eigenvalue weighted by atomic mass is 16.5. The fourth-order valence-electron chi connectivity index (χ4n) is 3.44. The van der Waals surface area contributed by atoms with Gasteiger partial charge in [-0.15, -0.1) is 0 Å². The van der Waals surface area contributed by atoms with E-state index >= 15 is 0 Å². The van der Waals surface area contributed by atoms with Crippen LogP contribution in [-0.2, 0) is 13.5 Å². The van der Waals surface area contributed by atoms with Crippen LogP contribution in [0.4, 0.5) is 0 Å². The molecule has 0 bridgehead atoms. The van der Waals surface area contributed by atoms with Crippen LogP contribution in [-0.4, -0.2) is 28.4 Å². The van der Waals surface area contributed by atoms with Crippen molar-refractivity contribution in [2.45, 2.75) is 51.7 Å². The third kappa shape index (κ3) is 3.69. The molecule has 26 heavy (non-hydrogen) atoms. The molecule has 2 aromatic rings. The summed E-state index contributed by atoms with van der Waals surface area (Å²) in [6, 6.07) is 7.47. The van der Waals surface area contributed by atoms with Gasteiger partial charge in [-0.2, -0.15) is 5.10 Å². The van der Waals surface area contributed by atoms with Crippen LogP contribution < -0.4 is 14.8 Å². The lowest BCUT2D eigenvalue weighted by Gasteiger charge is -2.38. The normalized spacial score (nSPS) is 18.0. The largest absolute Gasteiger partial charge is 0.497 e. The fourth-order valence-corrected chi connectivity index (χ4v) is 3.44. The zero-order chi connectivity index (χ0) is 18.9. The number of hydrogen-bond donors (Lipinski definition) is 1. The summed E-state index contributed by atoms with van der Waals surface area (Å²) in [7, 11) is 3.44. The van der Waals surface area contributed by atoms with Gasteiger partial charge in [0.15, 0.2) is 0 Å². The molecule has 1 aromatic heterocycles. The van der Waals surface area contributed by atoms with E-state index in [9.17, 15) is 4.79 Å². The highest BCUT2D eigenvalue weighted by Gasteiger charge is 2.35. The van der Waals surface area contributed by atoms with Gasteiger partial charge in [0.05, 0.1) is 18.8 Å². The summed E-state index contributed by atoms with van der Waals surface area (Å²) in [6.45, 7) is 6.15. The minimum atomic E-state index is -0.378. The summed E-state index contributed by atoms with van der Waals surface area (Å²) in [5.74, 6) is 1.37. The first-order valence-electron chi connectivity index (χ1n) is 9.03. The average molecular weight is 357 g/mol. The maximum absolute atomic E-state index is 12.9. The van der Waals surface area contributed by atoms with Crippen molar-refractivity contribution in [3.8, 4) is 11.5 Å². The number of methoxy groups -OCH3 is 1. The Morgan fingerprint density at radius 3 is 2.88 bits per heavy atom. The second-order valence-corrected chi connectivity index (χ2v) is 7.39. The number of aromatic nitrogens is 2. The molecule has 140 valence electrons. The lowest BCUT2D eigenvalue weighted by molar-refractivity contribution is 0.0614. The van der Waals surface area contributed by atoms with E-state index in [-0.39, 0.29) is 17.6 Å². The van der Waals surface area contributed by atoms with E-state index in [4.69, 9.17) is 9.47 Å². The Balaban J connectivity index is 1.86. The number of benzene rings is 1. The summed E-state index contributed by atoms with van der Waals surface area (Å²) in [5.41, 5.74) is 2.11. The number of amides is 1. The van der Waals surface area contributed by atoms with Crippen molar-refractivity contribution in [1.29, 1.82) is 0 Å². The molecular formula is C20H27N3O3. The highest BCUT2D eigenvalue weighted by molar-refractivity contribution is 5.93. The Morgan fingerprint density at radius 1 is 1.42 bits per heavy atom. The van der Waals surface area contributed by atoms with E-state index in [0.717, 1.165) is 35.6 Å². The highest BCUT2D eigenvalue weighted by Crippen LogP contribution is 2.41. The fraction of sp³-hybridized carbons (Fsp3) is 0.500. The number of hydrogen-bond acceptors (Lipinski definition) is 4. The molecule has 0 fully saturated rings. The monoisotopic (exact) mass is 357 g/mol. The van der Waals surface area contributed by atoms with Crippen molar-refractivity contribution in [2.24, 2.45) is 7.05 Å². The second kappa shape index (κ2) is 7.02. The summed E-state index contributed by atoms with van der Waals surface area (Å²) in [4.78, 5) is 12.9. The van der Waals surface area contributed by atoms with Gasteiger partial charge < -0.3 is 14.8 Å². The van der Waals surface area contributed by atoms with E-state index < -0.39 is 0 Å². The molecule has 6 heteroatoms. The van der Waals surface area contributed by atoms with Crippen molar-refractivity contribution in [3.63, 3.8) is 0 Å². The molecule has 0 spiro atoms. The van der Waals surface area contributed by atoms with Crippen LogP contribution in [0.1, 0.15) is 61.4 Å². The van der Waals surface area contributed by atoms with Crippen molar-refractivity contribution >= 4 is 5.91 Å². The number of nitrogens with zero attached hydrogens (tertiary/aromatic N) is 2. The zero-order valence-corrected chi connectivity index (χ0v) is 16.1. The molecule has 1 aromatic carbocycles. The molecule has 1 N–H and O–H groups in total. The van der Waals surface area contributed by atoms with Crippen molar-refractivity contribution < 1.29 is 14.3 Å². The van der Waals surface area contributed by atoms with E-state index in [1.807, 2.05) is 38.1 Å². The molecule has 3 rings (SSSR count). The number of rotatable bonds is 5. The molecule has 1 amide bonds. The third-order valence-corrected chi connectivity index (χ3v) is 4.65. The Hall–Kier alpha value is -2.50. The maximum Gasteiger partial charge on any atom is 0.270 e. The first-order valence-corrected chi connectivity index (χ1v) is 9.03. The number of carbonyl (C=O) groups is 1. The molecule has 0 aliphatic carbocycles. The topological polar surface area (TPSA) is 65.4 Å². The molecule has 0 saturated heterocycles. The molecule has 0 saturated carbocycles.